The number of carbonyl (C=O) groups excluding carboxylic acids is 1. The van der Waals surface area contributed by atoms with Gasteiger partial charge in [0.15, 0.2) is 0 Å². The van der Waals surface area contributed by atoms with Gasteiger partial charge < -0.3 is 9.88 Å². The molecule has 1 amide bonds. The van der Waals surface area contributed by atoms with Gasteiger partial charge in [-0.15, -0.1) is 0 Å². The molecule has 1 N–H and O–H groups in total. The second-order valence-corrected chi connectivity index (χ2v) is 5.93. The Labute approximate surface area is 149 Å². The first-order valence-electron chi connectivity index (χ1n) is 7.21. The summed E-state index contributed by atoms with van der Waals surface area (Å²) in [5, 5.41) is 3.26. The van der Waals surface area contributed by atoms with Crippen molar-refractivity contribution in [3.63, 3.8) is 0 Å². The van der Waals surface area contributed by atoms with Gasteiger partial charge in [-0.2, -0.15) is 0 Å². The van der Waals surface area contributed by atoms with Crippen LogP contribution in [0.25, 0.3) is 0 Å². The minimum Gasteiger partial charge on any atom is -0.338 e. The highest BCUT2D eigenvalue weighted by molar-refractivity contribution is 6.34. The number of hydrogen-bond donors (Lipinski definition) is 1. The van der Waals surface area contributed by atoms with Crippen molar-refractivity contribution in [3.8, 4) is 0 Å². The van der Waals surface area contributed by atoms with Crippen LogP contribution in [0.2, 0.25) is 10.3 Å². The fraction of sp³-hybridized carbons (Fsp3) is 0.118. The third kappa shape index (κ3) is 3.42. The normalized spacial score (nSPS) is 12.0. The number of benzene rings is 1. The van der Waals surface area contributed by atoms with Crippen molar-refractivity contribution in [2.24, 2.45) is 7.05 Å². The lowest BCUT2D eigenvalue weighted by Crippen LogP contribution is -2.31. The summed E-state index contributed by atoms with van der Waals surface area (Å²) >= 11 is 11.8. The molecule has 1 atom stereocenters. The monoisotopic (exact) mass is 360 g/mol. The molecule has 1 unspecified atom stereocenters. The summed E-state index contributed by atoms with van der Waals surface area (Å²) in [5.74, 6) is 0.369. The Kier molecular flexibility index (Phi) is 4.83. The smallest absolute Gasteiger partial charge is 0.255 e. The van der Waals surface area contributed by atoms with Crippen LogP contribution < -0.4 is 5.32 Å². The average Bonchev–Trinajstić information content (AvgIpc) is 2.99. The first-order chi connectivity index (χ1) is 11.6. The van der Waals surface area contributed by atoms with Gasteiger partial charge in [-0.25, -0.2) is 9.97 Å². The number of aromatic nitrogens is 3. The maximum absolute atomic E-state index is 12.7. The zero-order valence-electron chi connectivity index (χ0n) is 12.8. The van der Waals surface area contributed by atoms with E-state index in [1.807, 2.05) is 48.1 Å². The zero-order valence-corrected chi connectivity index (χ0v) is 14.3. The maximum atomic E-state index is 12.7. The van der Waals surface area contributed by atoms with Gasteiger partial charge in [0.1, 0.15) is 22.2 Å². The molecule has 1 aromatic carbocycles. The number of halogens is 2. The Bertz CT molecular complexity index is 864. The van der Waals surface area contributed by atoms with Crippen LogP contribution in [0.4, 0.5) is 0 Å². The van der Waals surface area contributed by atoms with Gasteiger partial charge in [-0.1, -0.05) is 53.5 Å². The number of amides is 1. The van der Waals surface area contributed by atoms with E-state index < -0.39 is 6.04 Å². The minimum absolute atomic E-state index is 0.0617. The lowest BCUT2D eigenvalue weighted by Gasteiger charge is -2.19. The van der Waals surface area contributed by atoms with Gasteiger partial charge in [-0.05, 0) is 17.7 Å². The molecule has 7 heteroatoms. The van der Waals surface area contributed by atoms with E-state index in [1.165, 1.54) is 6.07 Å². The van der Waals surface area contributed by atoms with Gasteiger partial charge in [0, 0.05) is 19.4 Å². The molecule has 3 rings (SSSR count). The molecule has 122 valence electrons. The van der Waals surface area contributed by atoms with Crippen LogP contribution in [0.15, 0.2) is 54.9 Å². The summed E-state index contributed by atoms with van der Waals surface area (Å²) < 4.78 is 1.86. The van der Waals surface area contributed by atoms with Gasteiger partial charge >= 0.3 is 0 Å². The summed E-state index contributed by atoms with van der Waals surface area (Å²) in [5.41, 5.74) is 1.18. The highest BCUT2D eigenvalue weighted by atomic mass is 35.5. The first-order valence-corrected chi connectivity index (χ1v) is 7.97. The second kappa shape index (κ2) is 7.03. The number of carbonyl (C=O) groups is 1. The first kappa shape index (κ1) is 16.5. The molecule has 2 heterocycles. The third-order valence-corrected chi connectivity index (χ3v) is 4.08. The molecule has 0 saturated carbocycles. The van der Waals surface area contributed by atoms with Crippen LogP contribution in [-0.2, 0) is 7.05 Å². The highest BCUT2D eigenvalue weighted by Gasteiger charge is 2.22. The van der Waals surface area contributed by atoms with E-state index in [0.29, 0.717) is 5.82 Å². The van der Waals surface area contributed by atoms with E-state index >= 15 is 0 Å². The van der Waals surface area contributed by atoms with Gasteiger partial charge in [0.2, 0.25) is 0 Å². The van der Waals surface area contributed by atoms with Crippen molar-refractivity contribution in [2.75, 3.05) is 0 Å². The summed E-state index contributed by atoms with van der Waals surface area (Å²) in [4.78, 5) is 20.9. The molecule has 3 aromatic rings. The Hall–Kier alpha value is -2.37. The predicted molar refractivity (Wildman–Crippen MR) is 93.2 cm³/mol. The molecular weight excluding hydrogens is 347 g/mol. The Morgan fingerprint density at radius 2 is 1.92 bits per heavy atom. The van der Waals surface area contributed by atoms with Gasteiger partial charge in [-0.3, -0.25) is 4.79 Å². The van der Waals surface area contributed by atoms with Crippen molar-refractivity contribution in [1.29, 1.82) is 0 Å². The van der Waals surface area contributed by atoms with Crippen molar-refractivity contribution in [3.05, 3.63) is 82.1 Å². The molecule has 24 heavy (non-hydrogen) atoms. The summed E-state index contributed by atoms with van der Waals surface area (Å²) in [6.45, 7) is 0. The Morgan fingerprint density at radius 3 is 2.54 bits per heavy atom. The van der Waals surface area contributed by atoms with Crippen LogP contribution in [0, 0.1) is 0 Å². The molecule has 0 aliphatic rings. The standard InChI is InChI=1S/C17H14Cl2N4O/c1-23-10-9-20-16(23)14(11-5-3-2-4-6-11)22-17(24)12-7-8-13(18)21-15(12)19/h2-10,14H,1H3,(H,22,24). The number of pyridine rings is 1. The molecule has 0 bridgehead atoms. The highest BCUT2D eigenvalue weighted by Crippen LogP contribution is 2.22. The second-order valence-electron chi connectivity index (χ2n) is 5.19. The lowest BCUT2D eigenvalue weighted by molar-refractivity contribution is 0.0941. The molecule has 0 radical (unpaired) electrons. The van der Waals surface area contributed by atoms with Crippen molar-refractivity contribution < 1.29 is 4.79 Å². The van der Waals surface area contributed by atoms with Crippen molar-refractivity contribution >= 4 is 29.1 Å². The topological polar surface area (TPSA) is 59.8 Å². The zero-order chi connectivity index (χ0) is 17.1. The molecule has 0 aliphatic heterocycles. The summed E-state index contributed by atoms with van der Waals surface area (Å²) in [6, 6.07) is 12.3. The number of imidazole rings is 1. The molecule has 0 aliphatic carbocycles. The molecule has 5 nitrogen and oxygen atoms in total. The van der Waals surface area contributed by atoms with Crippen LogP contribution in [-0.4, -0.2) is 20.4 Å². The van der Waals surface area contributed by atoms with Crippen LogP contribution in [0.3, 0.4) is 0 Å². The predicted octanol–water partition coefficient (Wildman–Crippen LogP) is 3.64. The van der Waals surface area contributed by atoms with E-state index in [-0.39, 0.29) is 21.8 Å². The van der Waals surface area contributed by atoms with Gasteiger partial charge in [0.25, 0.3) is 5.91 Å². The maximum Gasteiger partial charge on any atom is 0.255 e. The van der Waals surface area contributed by atoms with E-state index in [4.69, 9.17) is 23.2 Å². The summed E-state index contributed by atoms with van der Waals surface area (Å²) in [7, 11) is 1.88. The quantitative estimate of drug-likeness (QED) is 0.722. The molecule has 2 aromatic heterocycles. The Balaban J connectivity index is 1.95. The Morgan fingerprint density at radius 1 is 1.17 bits per heavy atom. The van der Waals surface area contributed by atoms with E-state index in [2.05, 4.69) is 15.3 Å². The number of rotatable bonds is 4. The van der Waals surface area contributed by atoms with Crippen molar-refractivity contribution in [2.45, 2.75) is 6.04 Å². The van der Waals surface area contributed by atoms with Gasteiger partial charge in [0.05, 0.1) is 5.56 Å². The largest absolute Gasteiger partial charge is 0.338 e. The fourth-order valence-electron chi connectivity index (χ4n) is 2.39. The van der Waals surface area contributed by atoms with E-state index in [1.54, 1.807) is 12.3 Å². The molecule has 0 fully saturated rings. The number of aryl methyl sites for hydroxylation is 1. The minimum atomic E-state index is -0.412. The molecular formula is C17H14Cl2N4O. The van der Waals surface area contributed by atoms with Crippen LogP contribution >= 0.6 is 23.2 Å². The molecule has 0 spiro atoms. The number of hydrogen-bond acceptors (Lipinski definition) is 3. The van der Waals surface area contributed by atoms with E-state index in [9.17, 15) is 4.79 Å². The number of nitrogens with zero attached hydrogens (tertiary/aromatic N) is 3. The van der Waals surface area contributed by atoms with Crippen molar-refractivity contribution in [1.82, 2.24) is 19.9 Å². The SMILES string of the molecule is Cn1ccnc1C(NC(=O)c1ccc(Cl)nc1Cl)c1ccccc1. The summed E-state index contributed by atoms with van der Waals surface area (Å²) in [6.07, 6.45) is 3.52. The van der Waals surface area contributed by atoms with E-state index in [0.717, 1.165) is 5.56 Å². The average molecular weight is 361 g/mol. The fourth-order valence-corrected chi connectivity index (χ4v) is 2.82. The van der Waals surface area contributed by atoms with Crippen LogP contribution in [0.1, 0.15) is 27.8 Å². The third-order valence-electron chi connectivity index (χ3n) is 3.58. The lowest BCUT2D eigenvalue weighted by atomic mass is 10.1. The van der Waals surface area contributed by atoms with Crippen LogP contribution in [0.5, 0.6) is 0 Å². The number of nitrogens with one attached hydrogen (secondary N) is 1. The molecule has 0 saturated heterocycles.